The van der Waals surface area contributed by atoms with Crippen LogP contribution in [0.15, 0.2) is 24.3 Å². The number of rotatable bonds is 8. The van der Waals surface area contributed by atoms with Crippen LogP contribution >= 0.6 is 11.6 Å². The summed E-state index contributed by atoms with van der Waals surface area (Å²) in [5.74, 6) is 0.0766. The van der Waals surface area contributed by atoms with Gasteiger partial charge in [-0.3, -0.25) is 4.79 Å². The molecule has 100 valence electrons. The van der Waals surface area contributed by atoms with Crippen LogP contribution in [0.2, 0.25) is 5.02 Å². The van der Waals surface area contributed by atoms with E-state index in [0.29, 0.717) is 11.4 Å². The first-order chi connectivity index (χ1) is 8.72. The molecule has 1 N–H and O–H groups in total. The zero-order valence-corrected chi connectivity index (χ0v) is 11.8. The number of carbonyl (C=O) groups is 1. The molecule has 3 heteroatoms. The maximum absolute atomic E-state index is 11.7. The maximum atomic E-state index is 11.7. The van der Waals surface area contributed by atoms with Crippen molar-refractivity contribution in [3.63, 3.8) is 0 Å². The number of nitrogens with one attached hydrogen (secondary N) is 1. The van der Waals surface area contributed by atoms with Crippen molar-refractivity contribution in [1.82, 2.24) is 0 Å². The molecule has 0 atom stereocenters. The zero-order chi connectivity index (χ0) is 13.2. The van der Waals surface area contributed by atoms with Crippen LogP contribution in [0.1, 0.15) is 51.9 Å². The molecule has 18 heavy (non-hydrogen) atoms. The summed E-state index contributed by atoms with van der Waals surface area (Å²) in [5, 5.41) is 3.51. The Bertz CT molecular complexity index is 365. The van der Waals surface area contributed by atoms with Crippen LogP contribution < -0.4 is 5.32 Å². The molecule has 1 aromatic rings. The van der Waals surface area contributed by atoms with Gasteiger partial charge in [-0.25, -0.2) is 0 Å². The van der Waals surface area contributed by atoms with E-state index >= 15 is 0 Å². The highest BCUT2D eigenvalue weighted by atomic mass is 35.5. The van der Waals surface area contributed by atoms with Crippen molar-refractivity contribution in [2.45, 2.75) is 51.9 Å². The van der Waals surface area contributed by atoms with Crippen molar-refractivity contribution in [3.8, 4) is 0 Å². The average molecular weight is 268 g/mol. The van der Waals surface area contributed by atoms with Crippen LogP contribution in [-0.4, -0.2) is 5.91 Å². The summed E-state index contributed by atoms with van der Waals surface area (Å²) in [7, 11) is 0. The highest BCUT2D eigenvalue weighted by Crippen LogP contribution is 2.15. The first-order valence-electron chi connectivity index (χ1n) is 6.78. The molecule has 2 nitrogen and oxygen atoms in total. The van der Waals surface area contributed by atoms with Gasteiger partial charge in [0, 0.05) is 17.1 Å². The van der Waals surface area contributed by atoms with E-state index < -0.39 is 0 Å². The summed E-state index contributed by atoms with van der Waals surface area (Å²) in [6.07, 6.45) is 7.78. The molecule has 0 saturated heterocycles. The second-order valence-corrected chi connectivity index (χ2v) is 5.01. The monoisotopic (exact) mass is 267 g/mol. The van der Waals surface area contributed by atoms with Gasteiger partial charge in [0.1, 0.15) is 0 Å². The minimum atomic E-state index is 0.0766. The summed E-state index contributed by atoms with van der Waals surface area (Å²) in [6, 6.07) is 7.25. The van der Waals surface area contributed by atoms with Gasteiger partial charge in [-0.15, -0.1) is 0 Å². The fourth-order valence-corrected chi connectivity index (χ4v) is 2.05. The fourth-order valence-electron chi connectivity index (χ4n) is 1.86. The van der Waals surface area contributed by atoms with Crippen LogP contribution in [-0.2, 0) is 4.79 Å². The summed E-state index contributed by atoms with van der Waals surface area (Å²) < 4.78 is 0. The van der Waals surface area contributed by atoms with Gasteiger partial charge >= 0.3 is 0 Å². The van der Waals surface area contributed by atoms with E-state index in [4.69, 9.17) is 11.6 Å². The van der Waals surface area contributed by atoms with E-state index in [-0.39, 0.29) is 5.91 Å². The highest BCUT2D eigenvalue weighted by molar-refractivity contribution is 6.30. The normalized spacial score (nSPS) is 10.3. The van der Waals surface area contributed by atoms with Crippen molar-refractivity contribution in [1.29, 1.82) is 0 Å². The van der Waals surface area contributed by atoms with Crippen LogP contribution in [0.5, 0.6) is 0 Å². The lowest BCUT2D eigenvalue weighted by Gasteiger charge is -2.05. The number of hydrogen-bond acceptors (Lipinski definition) is 1. The molecule has 0 radical (unpaired) electrons. The molecular weight excluding hydrogens is 246 g/mol. The number of benzene rings is 1. The van der Waals surface area contributed by atoms with Gasteiger partial charge in [0.15, 0.2) is 0 Å². The topological polar surface area (TPSA) is 29.1 Å². The Kier molecular flexibility index (Phi) is 7.51. The third-order valence-corrected chi connectivity index (χ3v) is 3.10. The number of halogens is 1. The molecule has 0 fully saturated rings. The minimum Gasteiger partial charge on any atom is -0.326 e. The number of anilines is 1. The lowest BCUT2D eigenvalue weighted by Crippen LogP contribution is -2.10. The van der Waals surface area contributed by atoms with Crippen LogP contribution in [0.25, 0.3) is 0 Å². The lowest BCUT2D eigenvalue weighted by molar-refractivity contribution is -0.116. The first-order valence-corrected chi connectivity index (χ1v) is 7.15. The third-order valence-electron chi connectivity index (χ3n) is 2.87. The van der Waals surface area contributed by atoms with Crippen molar-refractivity contribution in [3.05, 3.63) is 29.3 Å². The first kappa shape index (κ1) is 15.0. The second-order valence-electron chi connectivity index (χ2n) is 4.58. The standard InChI is InChI=1S/C15H22ClNO/c1-2-3-4-5-6-7-11-15(18)17-14-10-8-9-13(16)12-14/h8-10,12H,2-7,11H2,1H3,(H,17,18). The molecule has 0 unspecified atom stereocenters. The Morgan fingerprint density at radius 1 is 1.17 bits per heavy atom. The Hall–Kier alpha value is -1.02. The summed E-state index contributed by atoms with van der Waals surface area (Å²) in [5.41, 5.74) is 0.776. The lowest BCUT2D eigenvalue weighted by atomic mass is 10.1. The van der Waals surface area contributed by atoms with Gasteiger partial charge < -0.3 is 5.32 Å². The average Bonchev–Trinajstić information content (AvgIpc) is 2.33. The van der Waals surface area contributed by atoms with Crippen LogP contribution in [0.3, 0.4) is 0 Å². The highest BCUT2D eigenvalue weighted by Gasteiger charge is 2.02. The summed E-state index contributed by atoms with van der Waals surface area (Å²) >= 11 is 5.85. The second kappa shape index (κ2) is 8.98. The van der Waals surface area contributed by atoms with E-state index in [1.807, 2.05) is 12.1 Å². The van der Waals surface area contributed by atoms with E-state index in [9.17, 15) is 4.79 Å². The van der Waals surface area contributed by atoms with E-state index in [1.165, 1.54) is 25.7 Å². The molecule has 0 aliphatic rings. The zero-order valence-electron chi connectivity index (χ0n) is 11.0. The molecule has 0 aliphatic heterocycles. The minimum absolute atomic E-state index is 0.0766. The van der Waals surface area contributed by atoms with Gasteiger partial charge in [0.25, 0.3) is 0 Å². The number of amides is 1. The predicted octanol–water partition coefficient (Wildman–Crippen LogP) is 5.03. The molecular formula is C15H22ClNO. The molecule has 0 aliphatic carbocycles. The Labute approximate surface area is 115 Å². The third kappa shape index (κ3) is 6.65. The Balaban J connectivity index is 2.14. The van der Waals surface area contributed by atoms with Gasteiger partial charge in [-0.05, 0) is 24.6 Å². The Morgan fingerprint density at radius 2 is 1.89 bits per heavy atom. The van der Waals surface area contributed by atoms with Gasteiger partial charge in [0.05, 0.1) is 0 Å². The van der Waals surface area contributed by atoms with Crippen molar-refractivity contribution in [2.75, 3.05) is 5.32 Å². The molecule has 1 rings (SSSR count). The molecule has 0 saturated carbocycles. The van der Waals surface area contributed by atoms with Crippen LogP contribution in [0, 0.1) is 0 Å². The van der Waals surface area contributed by atoms with Crippen LogP contribution in [0.4, 0.5) is 5.69 Å². The van der Waals surface area contributed by atoms with E-state index in [1.54, 1.807) is 12.1 Å². The fraction of sp³-hybridized carbons (Fsp3) is 0.533. The number of carbonyl (C=O) groups excluding carboxylic acids is 1. The van der Waals surface area contributed by atoms with Gasteiger partial charge in [-0.2, -0.15) is 0 Å². The largest absolute Gasteiger partial charge is 0.326 e. The van der Waals surface area contributed by atoms with Crippen molar-refractivity contribution >= 4 is 23.2 Å². The van der Waals surface area contributed by atoms with E-state index in [2.05, 4.69) is 12.2 Å². The predicted molar refractivity (Wildman–Crippen MR) is 78.1 cm³/mol. The number of hydrogen-bond donors (Lipinski definition) is 1. The van der Waals surface area contributed by atoms with Gasteiger partial charge in [0.2, 0.25) is 5.91 Å². The smallest absolute Gasteiger partial charge is 0.224 e. The van der Waals surface area contributed by atoms with Gasteiger partial charge in [-0.1, -0.05) is 56.7 Å². The van der Waals surface area contributed by atoms with E-state index in [0.717, 1.165) is 18.5 Å². The summed E-state index contributed by atoms with van der Waals surface area (Å²) in [4.78, 5) is 11.7. The number of unbranched alkanes of at least 4 members (excludes halogenated alkanes) is 5. The molecule has 1 amide bonds. The molecule has 1 aromatic carbocycles. The van der Waals surface area contributed by atoms with Crippen molar-refractivity contribution in [2.24, 2.45) is 0 Å². The molecule has 0 heterocycles. The SMILES string of the molecule is CCCCCCCCC(=O)Nc1cccc(Cl)c1. The molecule has 0 bridgehead atoms. The molecule has 0 aromatic heterocycles. The maximum Gasteiger partial charge on any atom is 0.224 e. The molecule has 0 spiro atoms. The van der Waals surface area contributed by atoms with Crippen molar-refractivity contribution < 1.29 is 4.79 Å². The quantitative estimate of drug-likeness (QED) is 0.658. The summed E-state index contributed by atoms with van der Waals surface area (Å²) in [6.45, 7) is 2.21. The Morgan fingerprint density at radius 3 is 2.61 bits per heavy atom.